The first-order valence-electron chi connectivity index (χ1n) is 5.25. The highest BCUT2D eigenvalue weighted by molar-refractivity contribution is 7.19. The highest BCUT2D eigenvalue weighted by Gasteiger charge is 2.24. The number of fused-ring (bicyclic) bond motifs is 1. The summed E-state index contributed by atoms with van der Waals surface area (Å²) in [5, 5.41) is 1.37. The molecule has 15 heavy (non-hydrogen) atoms. The van der Waals surface area contributed by atoms with Crippen molar-refractivity contribution in [3.63, 3.8) is 0 Å². The SMILES string of the molecule is Cc1sc2ccccc2c1C(C)(C)CN. The van der Waals surface area contributed by atoms with Crippen molar-refractivity contribution in [2.45, 2.75) is 26.2 Å². The minimum absolute atomic E-state index is 0.0731. The molecule has 0 aliphatic heterocycles. The second-order valence-corrected chi connectivity index (χ2v) is 5.87. The van der Waals surface area contributed by atoms with E-state index in [1.807, 2.05) is 11.3 Å². The Bertz CT molecular complexity index is 482. The van der Waals surface area contributed by atoms with Crippen LogP contribution in [0.1, 0.15) is 24.3 Å². The average molecular weight is 219 g/mol. The number of hydrogen-bond acceptors (Lipinski definition) is 2. The van der Waals surface area contributed by atoms with Crippen LogP contribution in [0.15, 0.2) is 24.3 Å². The van der Waals surface area contributed by atoms with Crippen molar-refractivity contribution >= 4 is 21.4 Å². The van der Waals surface area contributed by atoms with Crippen LogP contribution in [0.4, 0.5) is 0 Å². The molecular weight excluding hydrogens is 202 g/mol. The molecule has 1 heterocycles. The van der Waals surface area contributed by atoms with Gasteiger partial charge in [-0.25, -0.2) is 0 Å². The predicted molar refractivity (Wildman–Crippen MR) is 68.6 cm³/mol. The lowest BCUT2D eigenvalue weighted by atomic mass is 9.83. The number of benzene rings is 1. The molecular formula is C13H17NS. The second-order valence-electron chi connectivity index (χ2n) is 4.62. The molecule has 0 atom stereocenters. The first kappa shape index (κ1) is 10.7. The van der Waals surface area contributed by atoms with Gasteiger partial charge in [0, 0.05) is 21.5 Å². The molecule has 80 valence electrons. The minimum atomic E-state index is 0.0731. The van der Waals surface area contributed by atoms with Gasteiger partial charge >= 0.3 is 0 Å². The summed E-state index contributed by atoms with van der Waals surface area (Å²) in [6.45, 7) is 7.31. The molecule has 1 aromatic carbocycles. The topological polar surface area (TPSA) is 26.0 Å². The molecule has 0 spiro atoms. The Morgan fingerprint density at radius 3 is 2.60 bits per heavy atom. The first-order valence-corrected chi connectivity index (χ1v) is 6.06. The van der Waals surface area contributed by atoms with Gasteiger partial charge in [-0.1, -0.05) is 32.0 Å². The lowest BCUT2D eigenvalue weighted by Crippen LogP contribution is -2.28. The van der Waals surface area contributed by atoms with E-state index in [0.717, 1.165) is 0 Å². The van der Waals surface area contributed by atoms with Gasteiger partial charge in [0.2, 0.25) is 0 Å². The molecule has 0 amide bonds. The molecule has 0 aliphatic rings. The highest BCUT2D eigenvalue weighted by Crippen LogP contribution is 2.38. The van der Waals surface area contributed by atoms with Crippen molar-refractivity contribution in [1.29, 1.82) is 0 Å². The van der Waals surface area contributed by atoms with Crippen LogP contribution in [0.3, 0.4) is 0 Å². The van der Waals surface area contributed by atoms with E-state index < -0.39 is 0 Å². The molecule has 2 heteroatoms. The Hall–Kier alpha value is -0.860. The molecule has 0 fully saturated rings. The largest absolute Gasteiger partial charge is 0.330 e. The van der Waals surface area contributed by atoms with E-state index in [1.165, 1.54) is 20.5 Å². The summed E-state index contributed by atoms with van der Waals surface area (Å²) in [5.74, 6) is 0. The Labute approximate surface area is 94.9 Å². The van der Waals surface area contributed by atoms with E-state index in [1.54, 1.807) is 0 Å². The smallest absolute Gasteiger partial charge is 0.0348 e. The third kappa shape index (κ3) is 1.68. The summed E-state index contributed by atoms with van der Waals surface area (Å²) in [6, 6.07) is 8.58. The maximum atomic E-state index is 5.86. The zero-order chi connectivity index (χ0) is 11.1. The molecule has 0 saturated carbocycles. The van der Waals surface area contributed by atoms with Crippen LogP contribution < -0.4 is 5.73 Å². The van der Waals surface area contributed by atoms with Crippen molar-refractivity contribution in [2.75, 3.05) is 6.54 Å². The Morgan fingerprint density at radius 2 is 1.93 bits per heavy atom. The fourth-order valence-corrected chi connectivity index (χ4v) is 3.36. The van der Waals surface area contributed by atoms with Gasteiger partial charge in [-0.2, -0.15) is 0 Å². The molecule has 2 N–H and O–H groups in total. The third-order valence-electron chi connectivity index (χ3n) is 2.96. The lowest BCUT2D eigenvalue weighted by molar-refractivity contribution is 0.543. The molecule has 2 rings (SSSR count). The summed E-state index contributed by atoms with van der Waals surface area (Å²) in [4.78, 5) is 1.40. The molecule has 0 bridgehead atoms. The molecule has 0 aliphatic carbocycles. The van der Waals surface area contributed by atoms with Gasteiger partial charge in [0.1, 0.15) is 0 Å². The van der Waals surface area contributed by atoms with Crippen LogP contribution in [0, 0.1) is 6.92 Å². The molecule has 1 aromatic heterocycles. The van der Waals surface area contributed by atoms with E-state index in [0.29, 0.717) is 6.54 Å². The summed E-state index contributed by atoms with van der Waals surface area (Å²) in [5.41, 5.74) is 7.36. The summed E-state index contributed by atoms with van der Waals surface area (Å²) in [6.07, 6.45) is 0. The Morgan fingerprint density at radius 1 is 1.27 bits per heavy atom. The summed E-state index contributed by atoms with van der Waals surface area (Å²) >= 11 is 1.87. The molecule has 0 saturated heterocycles. The van der Waals surface area contributed by atoms with E-state index in [4.69, 9.17) is 5.73 Å². The van der Waals surface area contributed by atoms with Crippen LogP contribution in [-0.2, 0) is 5.41 Å². The van der Waals surface area contributed by atoms with Crippen LogP contribution in [-0.4, -0.2) is 6.54 Å². The molecule has 1 nitrogen and oxygen atoms in total. The standard InChI is InChI=1S/C13H17NS/c1-9-12(13(2,3)8-14)10-6-4-5-7-11(10)15-9/h4-7H,8,14H2,1-3H3. The molecule has 2 aromatic rings. The zero-order valence-electron chi connectivity index (χ0n) is 9.50. The Kier molecular flexibility index (Phi) is 2.57. The summed E-state index contributed by atoms with van der Waals surface area (Å²) < 4.78 is 1.37. The number of hydrogen-bond donors (Lipinski definition) is 1. The van der Waals surface area contributed by atoms with Gasteiger partial charge in [-0.3, -0.25) is 0 Å². The van der Waals surface area contributed by atoms with Crippen LogP contribution >= 0.6 is 11.3 Å². The quantitative estimate of drug-likeness (QED) is 0.822. The average Bonchev–Trinajstić information content (AvgIpc) is 2.54. The predicted octanol–water partition coefficient (Wildman–Crippen LogP) is 3.45. The van der Waals surface area contributed by atoms with Gasteiger partial charge in [0.25, 0.3) is 0 Å². The fourth-order valence-electron chi connectivity index (χ4n) is 2.11. The van der Waals surface area contributed by atoms with E-state index in [-0.39, 0.29) is 5.41 Å². The monoisotopic (exact) mass is 219 g/mol. The maximum Gasteiger partial charge on any atom is 0.0348 e. The molecule has 0 unspecified atom stereocenters. The third-order valence-corrected chi connectivity index (χ3v) is 4.04. The van der Waals surface area contributed by atoms with Crippen molar-refractivity contribution in [1.82, 2.24) is 0 Å². The molecule has 0 radical (unpaired) electrons. The zero-order valence-corrected chi connectivity index (χ0v) is 10.3. The van der Waals surface area contributed by atoms with Gasteiger partial charge in [-0.05, 0) is 23.9 Å². The van der Waals surface area contributed by atoms with Crippen LogP contribution in [0.2, 0.25) is 0 Å². The second kappa shape index (κ2) is 3.62. The summed E-state index contributed by atoms with van der Waals surface area (Å²) in [7, 11) is 0. The van der Waals surface area contributed by atoms with Gasteiger partial charge in [0.15, 0.2) is 0 Å². The number of thiophene rings is 1. The number of aryl methyl sites for hydroxylation is 1. The Balaban J connectivity index is 2.74. The van der Waals surface area contributed by atoms with Gasteiger partial charge < -0.3 is 5.73 Å². The maximum absolute atomic E-state index is 5.86. The van der Waals surface area contributed by atoms with E-state index in [2.05, 4.69) is 45.0 Å². The van der Waals surface area contributed by atoms with E-state index in [9.17, 15) is 0 Å². The minimum Gasteiger partial charge on any atom is -0.330 e. The fraction of sp³-hybridized carbons (Fsp3) is 0.385. The highest BCUT2D eigenvalue weighted by atomic mass is 32.1. The normalized spacial score (nSPS) is 12.3. The van der Waals surface area contributed by atoms with Crippen molar-refractivity contribution in [3.8, 4) is 0 Å². The van der Waals surface area contributed by atoms with E-state index >= 15 is 0 Å². The first-order chi connectivity index (χ1) is 7.06. The van der Waals surface area contributed by atoms with Crippen molar-refractivity contribution in [2.24, 2.45) is 5.73 Å². The van der Waals surface area contributed by atoms with Gasteiger partial charge in [0.05, 0.1) is 0 Å². The lowest BCUT2D eigenvalue weighted by Gasteiger charge is -2.23. The van der Waals surface area contributed by atoms with Crippen molar-refractivity contribution < 1.29 is 0 Å². The van der Waals surface area contributed by atoms with Crippen molar-refractivity contribution in [3.05, 3.63) is 34.7 Å². The number of nitrogens with two attached hydrogens (primary N) is 1. The van der Waals surface area contributed by atoms with Gasteiger partial charge in [-0.15, -0.1) is 11.3 Å². The van der Waals surface area contributed by atoms with Crippen LogP contribution in [0.5, 0.6) is 0 Å². The number of rotatable bonds is 2. The van der Waals surface area contributed by atoms with Crippen LogP contribution in [0.25, 0.3) is 10.1 Å².